The Balaban J connectivity index is 2.08. The number of halogens is 1. The average molecular weight is 299 g/mol. The van der Waals surface area contributed by atoms with E-state index in [0.29, 0.717) is 13.1 Å². The third-order valence-corrected chi connectivity index (χ3v) is 3.70. The average Bonchev–Trinajstić information content (AvgIpc) is 2.53. The molecule has 1 saturated heterocycles. The van der Waals surface area contributed by atoms with Gasteiger partial charge in [0.15, 0.2) is 0 Å². The van der Waals surface area contributed by atoms with Crippen LogP contribution in [0, 0.1) is 0 Å². The Morgan fingerprint density at radius 2 is 1.90 bits per heavy atom. The SMILES string of the molecule is COc1ccc(N2CCN(C(=O)CCl)CC2)c(OC)c1. The van der Waals surface area contributed by atoms with E-state index in [1.807, 2.05) is 18.2 Å². The Morgan fingerprint density at radius 3 is 2.45 bits per heavy atom. The van der Waals surface area contributed by atoms with E-state index in [0.717, 1.165) is 30.3 Å². The van der Waals surface area contributed by atoms with Crippen LogP contribution in [0.4, 0.5) is 5.69 Å². The molecule has 1 aromatic rings. The first-order chi connectivity index (χ1) is 9.69. The summed E-state index contributed by atoms with van der Waals surface area (Å²) in [4.78, 5) is 15.5. The number of nitrogens with zero attached hydrogens (tertiary/aromatic N) is 2. The Hall–Kier alpha value is -1.62. The monoisotopic (exact) mass is 298 g/mol. The number of hydrogen-bond donors (Lipinski definition) is 0. The van der Waals surface area contributed by atoms with Crippen LogP contribution in [0.1, 0.15) is 0 Å². The van der Waals surface area contributed by atoms with Crippen LogP contribution in [-0.2, 0) is 4.79 Å². The number of benzene rings is 1. The highest BCUT2D eigenvalue weighted by Crippen LogP contribution is 2.32. The second-order valence-corrected chi connectivity index (χ2v) is 4.81. The van der Waals surface area contributed by atoms with Crippen molar-refractivity contribution >= 4 is 23.2 Å². The molecule has 6 heteroatoms. The molecule has 20 heavy (non-hydrogen) atoms. The van der Waals surface area contributed by atoms with Gasteiger partial charge >= 0.3 is 0 Å². The fraction of sp³-hybridized carbons (Fsp3) is 0.500. The van der Waals surface area contributed by atoms with E-state index in [9.17, 15) is 4.79 Å². The smallest absolute Gasteiger partial charge is 0.237 e. The van der Waals surface area contributed by atoms with Crippen molar-refractivity contribution in [2.75, 3.05) is 51.2 Å². The molecule has 1 fully saturated rings. The molecule has 1 aliphatic heterocycles. The Labute approximate surface area is 124 Å². The Kier molecular flexibility index (Phi) is 4.95. The maximum absolute atomic E-state index is 11.6. The number of carbonyl (C=O) groups excluding carboxylic acids is 1. The fourth-order valence-electron chi connectivity index (χ4n) is 2.33. The highest BCUT2D eigenvalue weighted by Gasteiger charge is 2.22. The van der Waals surface area contributed by atoms with Crippen molar-refractivity contribution in [3.8, 4) is 11.5 Å². The highest BCUT2D eigenvalue weighted by atomic mass is 35.5. The van der Waals surface area contributed by atoms with Crippen molar-refractivity contribution in [1.29, 1.82) is 0 Å². The largest absolute Gasteiger partial charge is 0.497 e. The van der Waals surface area contributed by atoms with Crippen molar-refractivity contribution in [2.24, 2.45) is 0 Å². The van der Waals surface area contributed by atoms with Gasteiger partial charge in [0.2, 0.25) is 5.91 Å². The van der Waals surface area contributed by atoms with Gasteiger partial charge in [0.25, 0.3) is 0 Å². The highest BCUT2D eigenvalue weighted by molar-refractivity contribution is 6.27. The zero-order valence-corrected chi connectivity index (χ0v) is 12.5. The molecule has 0 atom stereocenters. The fourth-order valence-corrected chi connectivity index (χ4v) is 2.50. The van der Waals surface area contributed by atoms with Gasteiger partial charge in [-0.3, -0.25) is 4.79 Å². The molecule has 0 spiro atoms. The number of methoxy groups -OCH3 is 2. The van der Waals surface area contributed by atoms with E-state index in [1.54, 1.807) is 19.1 Å². The first kappa shape index (κ1) is 14.8. The maximum Gasteiger partial charge on any atom is 0.237 e. The van der Waals surface area contributed by atoms with Gasteiger partial charge in [-0.2, -0.15) is 0 Å². The number of ether oxygens (including phenoxy) is 2. The summed E-state index contributed by atoms with van der Waals surface area (Å²) in [5, 5.41) is 0. The molecule has 0 aromatic heterocycles. The van der Waals surface area contributed by atoms with Gasteiger partial charge in [-0.05, 0) is 12.1 Å². The molecule has 5 nitrogen and oxygen atoms in total. The number of rotatable bonds is 4. The van der Waals surface area contributed by atoms with E-state index in [1.165, 1.54) is 0 Å². The summed E-state index contributed by atoms with van der Waals surface area (Å²) in [5.74, 6) is 1.59. The third kappa shape index (κ3) is 3.10. The number of amides is 1. The van der Waals surface area contributed by atoms with E-state index in [4.69, 9.17) is 21.1 Å². The maximum atomic E-state index is 11.6. The quantitative estimate of drug-likeness (QED) is 0.792. The number of anilines is 1. The van der Waals surface area contributed by atoms with Crippen molar-refractivity contribution in [2.45, 2.75) is 0 Å². The minimum Gasteiger partial charge on any atom is -0.497 e. The molecule has 2 rings (SSSR count). The van der Waals surface area contributed by atoms with Crippen LogP contribution >= 0.6 is 11.6 Å². The van der Waals surface area contributed by atoms with Crippen LogP contribution in [-0.4, -0.2) is 57.1 Å². The first-order valence-corrected chi connectivity index (χ1v) is 7.03. The lowest BCUT2D eigenvalue weighted by atomic mass is 10.2. The molecule has 1 aromatic carbocycles. The van der Waals surface area contributed by atoms with Gasteiger partial charge in [-0.15, -0.1) is 11.6 Å². The molecule has 0 aliphatic carbocycles. The van der Waals surface area contributed by atoms with Crippen molar-refractivity contribution in [3.05, 3.63) is 18.2 Å². The van der Waals surface area contributed by atoms with E-state index in [2.05, 4.69) is 4.90 Å². The summed E-state index contributed by atoms with van der Waals surface area (Å²) in [6.07, 6.45) is 0. The summed E-state index contributed by atoms with van der Waals surface area (Å²) in [6.45, 7) is 2.90. The summed E-state index contributed by atoms with van der Waals surface area (Å²) in [7, 11) is 3.27. The number of alkyl halides is 1. The zero-order valence-electron chi connectivity index (χ0n) is 11.8. The van der Waals surface area contributed by atoms with Crippen molar-refractivity contribution < 1.29 is 14.3 Å². The molecule has 0 radical (unpaired) electrons. The summed E-state index contributed by atoms with van der Waals surface area (Å²) < 4.78 is 10.6. The lowest BCUT2D eigenvalue weighted by molar-refractivity contribution is -0.128. The second-order valence-electron chi connectivity index (χ2n) is 4.54. The number of hydrogen-bond acceptors (Lipinski definition) is 4. The van der Waals surface area contributed by atoms with E-state index in [-0.39, 0.29) is 11.8 Å². The Morgan fingerprint density at radius 1 is 1.20 bits per heavy atom. The Bertz CT molecular complexity index is 473. The third-order valence-electron chi connectivity index (χ3n) is 3.47. The van der Waals surface area contributed by atoms with Crippen molar-refractivity contribution in [1.82, 2.24) is 4.90 Å². The van der Waals surface area contributed by atoms with Gasteiger partial charge in [0.05, 0.1) is 19.9 Å². The lowest BCUT2D eigenvalue weighted by Crippen LogP contribution is -2.49. The molecule has 0 saturated carbocycles. The van der Waals surface area contributed by atoms with Crippen LogP contribution in [0.15, 0.2) is 18.2 Å². The molecule has 1 heterocycles. The van der Waals surface area contributed by atoms with Gasteiger partial charge in [-0.1, -0.05) is 0 Å². The van der Waals surface area contributed by atoms with Crippen molar-refractivity contribution in [3.63, 3.8) is 0 Å². The lowest BCUT2D eigenvalue weighted by Gasteiger charge is -2.36. The molecule has 1 amide bonds. The number of piperazine rings is 1. The van der Waals surface area contributed by atoms with Crippen LogP contribution in [0.25, 0.3) is 0 Å². The molecular formula is C14H19ClN2O3. The van der Waals surface area contributed by atoms with E-state index >= 15 is 0 Å². The number of carbonyl (C=O) groups is 1. The topological polar surface area (TPSA) is 42.0 Å². The molecule has 0 N–H and O–H groups in total. The normalized spacial score (nSPS) is 15.2. The summed E-state index contributed by atoms with van der Waals surface area (Å²) in [6, 6.07) is 5.76. The second kappa shape index (κ2) is 6.70. The van der Waals surface area contributed by atoms with Crippen LogP contribution in [0.2, 0.25) is 0 Å². The van der Waals surface area contributed by atoms with Gasteiger partial charge in [0.1, 0.15) is 17.4 Å². The molecule has 1 aliphatic rings. The summed E-state index contributed by atoms with van der Waals surface area (Å²) in [5.41, 5.74) is 1.02. The van der Waals surface area contributed by atoms with Crippen LogP contribution in [0.3, 0.4) is 0 Å². The molecular weight excluding hydrogens is 280 g/mol. The standard InChI is InChI=1S/C14H19ClN2O3/c1-19-11-3-4-12(13(9-11)20-2)16-5-7-17(8-6-16)14(18)10-15/h3-4,9H,5-8,10H2,1-2H3. The predicted molar refractivity (Wildman–Crippen MR) is 79.1 cm³/mol. The van der Waals surface area contributed by atoms with Crippen LogP contribution < -0.4 is 14.4 Å². The van der Waals surface area contributed by atoms with E-state index < -0.39 is 0 Å². The minimum absolute atomic E-state index is 0.00647. The zero-order chi connectivity index (χ0) is 14.5. The molecule has 0 bridgehead atoms. The van der Waals surface area contributed by atoms with Crippen LogP contribution in [0.5, 0.6) is 11.5 Å². The van der Waals surface area contributed by atoms with Gasteiger partial charge in [0, 0.05) is 32.2 Å². The minimum atomic E-state index is -0.00647. The van der Waals surface area contributed by atoms with Gasteiger partial charge < -0.3 is 19.3 Å². The summed E-state index contributed by atoms with van der Waals surface area (Å²) >= 11 is 5.58. The molecule has 110 valence electrons. The van der Waals surface area contributed by atoms with Gasteiger partial charge in [-0.25, -0.2) is 0 Å². The predicted octanol–water partition coefficient (Wildman–Crippen LogP) is 1.59. The first-order valence-electron chi connectivity index (χ1n) is 6.50. The molecule has 0 unspecified atom stereocenters.